The standard InChI is InChI=1S/C25H18Cl2N2OS/c1-16-4-2-3-5-20(16)25-29-23(15-31-25)18-8-10-19(11-9-18)28-24(30)13-7-17-6-12-21(26)22(27)14-17/h2-15H,1H3,(H,28,30)/b13-7+. The van der Waals surface area contributed by atoms with Crippen LogP contribution in [0.1, 0.15) is 11.1 Å². The van der Waals surface area contributed by atoms with Gasteiger partial charge >= 0.3 is 0 Å². The molecule has 1 N–H and O–H groups in total. The Morgan fingerprint density at radius 3 is 2.52 bits per heavy atom. The molecule has 0 radical (unpaired) electrons. The third-order valence-electron chi connectivity index (χ3n) is 4.70. The number of hydrogen-bond acceptors (Lipinski definition) is 3. The van der Waals surface area contributed by atoms with Crippen LogP contribution in [0.4, 0.5) is 5.69 Å². The van der Waals surface area contributed by atoms with Crippen molar-refractivity contribution in [3.63, 3.8) is 0 Å². The summed E-state index contributed by atoms with van der Waals surface area (Å²) in [6.45, 7) is 2.09. The molecule has 0 aliphatic heterocycles. The van der Waals surface area contributed by atoms with E-state index < -0.39 is 0 Å². The van der Waals surface area contributed by atoms with Gasteiger partial charge in [0.25, 0.3) is 0 Å². The van der Waals surface area contributed by atoms with Crippen LogP contribution >= 0.6 is 34.5 Å². The van der Waals surface area contributed by atoms with Crippen LogP contribution in [-0.2, 0) is 4.79 Å². The lowest BCUT2D eigenvalue weighted by molar-refractivity contribution is -0.111. The highest BCUT2D eigenvalue weighted by atomic mass is 35.5. The molecule has 0 saturated heterocycles. The largest absolute Gasteiger partial charge is 0.323 e. The van der Waals surface area contributed by atoms with Crippen molar-refractivity contribution in [2.75, 3.05) is 5.32 Å². The minimum absolute atomic E-state index is 0.227. The Morgan fingerprint density at radius 1 is 1.00 bits per heavy atom. The second-order valence-electron chi connectivity index (χ2n) is 6.93. The molecule has 0 saturated carbocycles. The summed E-state index contributed by atoms with van der Waals surface area (Å²) < 4.78 is 0. The van der Waals surface area contributed by atoms with Crippen LogP contribution in [0.5, 0.6) is 0 Å². The summed E-state index contributed by atoms with van der Waals surface area (Å²) in [7, 11) is 0. The van der Waals surface area contributed by atoms with E-state index in [9.17, 15) is 4.79 Å². The van der Waals surface area contributed by atoms with E-state index in [0.29, 0.717) is 15.7 Å². The maximum atomic E-state index is 12.2. The van der Waals surface area contributed by atoms with Gasteiger partial charge in [-0.3, -0.25) is 4.79 Å². The van der Waals surface area contributed by atoms with Crippen molar-refractivity contribution in [1.82, 2.24) is 4.98 Å². The molecule has 0 unspecified atom stereocenters. The molecule has 1 heterocycles. The first-order valence-electron chi connectivity index (χ1n) is 9.56. The van der Waals surface area contributed by atoms with Crippen molar-refractivity contribution >= 4 is 52.2 Å². The number of thiazole rings is 1. The molecular weight excluding hydrogens is 447 g/mol. The Hall–Kier alpha value is -2.92. The molecule has 4 aromatic rings. The Labute approximate surface area is 195 Å². The van der Waals surface area contributed by atoms with Crippen molar-refractivity contribution in [1.29, 1.82) is 0 Å². The van der Waals surface area contributed by atoms with E-state index in [4.69, 9.17) is 28.2 Å². The van der Waals surface area contributed by atoms with Gasteiger partial charge in [0.05, 0.1) is 15.7 Å². The van der Waals surface area contributed by atoms with Crippen LogP contribution in [-0.4, -0.2) is 10.9 Å². The monoisotopic (exact) mass is 464 g/mol. The number of aromatic nitrogens is 1. The Kier molecular flexibility index (Phi) is 6.52. The van der Waals surface area contributed by atoms with Gasteiger partial charge in [-0.2, -0.15) is 0 Å². The highest BCUT2D eigenvalue weighted by Crippen LogP contribution is 2.31. The van der Waals surface area contributed by atoms with Crippen LogP contribution in [0.15, 0.2) is 78.2 Å². The predicted molar refractivity (Wildman–Crippen MR) is 132 cm³/mol. The highest BCUT2D eigenvalue weighted by molar-refractivity contribution is 7.13. The summed E-state index contributed by atoms with van der Waals surface area (Å²) in [5.74, 6) is -0.227. The number of hydrogen-bond donors (Lipinski definition) is 1. The average Bonchev–Trinajstić information content (AvgIpc) is 3.25. The highest BCUT2D eigenvalue weighted by Gasteiger charge is 2.09. The van der Waals surface area contributed by atoms with Crippen LogP contribution in [0, 0.1) is 6.92 Å². The summed E-state index contributed by atoms with van der Waals surface area (Å²) in [5, 5.41) is 6.83. The molecule has 4 rings (SSSR count). The lowest BCUT2D eigenvalue weighted by atomic mass is 10.1. The van der Waals surface area contributed by atoms with Crippen molar-refractivity contribution in [2.45, 2.75) is 6.92 Å². The molecular formula is C25H18Cl2N2OS. The summed E-state index contributed by atoms with van der Waals surface area (Å²) in [4.78, 5) is 17.0. The number of nitrogens with one attached hydrogen (secondary N) is 1. The van der Waals surface area contributed by atoms with Crippen molar-refractivity contribution in [3.05, 3.63) is 99.4 Å². The number of carbonyl (C=O) groups is 1. The number of halogens is 2. The van der Waals surface area contributed by atoms with Crippen LogP contribution in [0.2, 0.25) is 10.0 Å². The quantitative estimate of drug-likeness (QED) is 0.306. The number of nitrogens with zero attached hydrogens (tertiary/aromatic N) is 1. The fraction of sp³-hybridized carbons (Fsp3) is 0.0400. The summed E-state index contributed by atoms with van der Waals surface area (Å²) in [6.07, 6.45) is 3.15. The number of aryl methyl sites for hydroxylation is 1. The van der Waals surface area contributed by atoms with Gasteiger partial charge in [0, 0.05) is 28.3 Å². The fourth-order valence-corrected chi connectivity index (χ4v) is 4.26. The topological polar surface area (TPSA) is 42.0 Å². The van der Waals surface area contributed by atoms with E-state index in [1.807, 2.05) is 36.4 Å². The van der Waals surface area contributed by atoms with Gasteiger partial charge < -0.3 is 5.32 Å². The van der Waals surface area contributed by atoms with E-state index in [-0.39, 0.29) is 5.91 Å². The van der Waals surface area contributed by atoms with Crippen molar-refractivity contribution in [2.24, 2.45) is 0 Å². The second kappa shape index (κ2) is 9.48. The summed E-state index contributed by atoms with van der Waals surface area (Å²) in [6, 6.07) is 21.1. The molecule has 0 atom stereocenters. The minimum atomic E-state index is -0.227. The minimum Gasteiger partial charge on any atom is -0.323 e. The van der Waals surface area contributed by atoms with Gasteiger partial charge in [0.1, 0.15) is 5.01 Å². The third kappa shape index (κ3) is 5.23. The zero-order valence-electron chi connectivity index (χ0n) is 16.6. The maximum Gasteiger partial charge on any atom is 0.248 e. The number of carbonyl (C=O) groups excluding carboxylic acids is 1. The maximum absolute atomic E-state index is 12.2. The van der Waals surface area contributed by atoms with Gasteiger partial charge in [0.15, 0.2) is 0 Å². The zero-order chi connectivity index (χ0) is 21.8. The van der Waals surface area contributed by atoms with Crippen LogP contribution in [0.25, 0.3) is 27.9 Å². The molecule has 1 amide bonds. The molecule has 0 aliphatic rings. The molecule has 0 aliphatic carbocycles. The van der Waals surface area contributed by atoms with Gasteiger partial charge in [-0.15, -0.1) is 11.3 Å². The van der Waals surface area contributed by atoms with Gasteiger partial charge in [-0.1, -0.05) is 65.7 Å². The number of rotatable bonds is 5. The van der Waals surface area contributed by atoms with Gasteiger partial charge in [-0.25, -0.2) is 4.98 Å². The molecule has 0 spiro atoms. The Morgan fingerprint density at radius 2 is 1.77 bits per heavy atom. The first kappa shape index (κ1) is 21.3. The van der Waals surface area contributed by atoms with E-state index in [1.54, 1.807) is 35.6 Å². The molecule has 31 heavy (non-hydrogen) atoms. The average molecular weight is 465 g/mol. The first-order chi connectivity index (χ1) is 15.0. The number of amides is 1. The first-order valence-corrected chi connectivity index (χ1v) is 11.2. The van der Waals surface area contributed by atoms with E-state index >= 15 is 0 Å². The smallest absolute Gasteiger partial charge is 0.248 e. The van der Waals surface area contributed by atoms with Gasteiger partial charge in [-0.05, 0) is 48.4 Å². The molecule has 1 aromatic heterocycles. The van der Waals surface area contributed by atoms with Crippen LogP contribution in [0.3, 0.4) is 0 Å². The summed E-state index contributed by atoms with van der Waals surface area (Å²) >= 11 is 13.5. The van der Waals surface area contributed by atoms with E-state index in [1.165, 1.54) is 11.6 Å². The molecule has 0 fully saturated rings. The van der Waals surface area contributed by atoms with E-state index in [0.717, 1.165) is 27.4 Å². The number of benzene rings is 3. The lowest BCUT2D eigenvalue weighted by Crippen LogP contribution is -2.07. The van der Waals surface area contributed by atoms with Crippen molar-refractivity contribution < 1.29 is 4.79 Å². The zero-order valence-corrected chi connectivity index (χ0v) is 18.9. The van der Waals surface area contributed by atoms with E-state index in [2.05, 4.69) is 29.8 Å². The number of anilines is 1. The molecule has 6 heteroatoms. The normalized spacial score (nSPS) is 11.1. The lowest BCUT2D eigenvalue weighted by Gasteiger charge is -2.04. The molecule has 3 aromatic carbocycles. The Balaban J connectivity index is 1.42. The van der Waals surface area contributed by atoms with Crippen LogP contribution < -0.4 is 5.32 Å². The molecule has 0 bridgehead atoms. The SMILES string of the molecule is Cc1ccccc1-c1nc(-c2ccc(NC(=O)/C=C/c3ccc(Cl)c(Cl)c3)cc2)cs1. The fourth-order valence-electron chi connectivity index (χ4n) is 3.04. The Bertz CT molecular complexity index is 1260. The predicted octanol–water partition coefficient (Wildman–Crippen LogP) is 7.74. The summed E-state index contributed by atoms with van der Waals surface area (Å²) in [5.41, 5.74) is 5.78. The third-order valence-corrected chi connectivity index (χ3v) is 6.31. The second-order valence-corrected chi connectivity index (χ2v) is 8.60. The molecule has 3 nitrogen and oxygen atoms in total. The molecule has 154 valence electrons. The van der Waals surface area contributed by atoms with Gasteiger partial charge in [0.2, 0.25) is 5.91 Å². The van der Waals surface area contributed by atoms with Crippen molar-refractivity contribution in [3.8, 4) is 21.8 Å².